The molecular formula is C10H6OS2. The molecule has 13 heavy (non-hydrogen) atoms. The molecule has 3 heteroatoms. The van der Waals surface area contributed by atoms with E-state index in [1.807, 2.05) is 6.07 Å². The zero-order valence-corrected chi connectivity index (χ0v) is 8.32. The lowest BCUT2D eigenvalue weighted by Gasteiger charge is -1.85. The monoisotopic (exact) mass is 206 g/mol. The maximum Gasteiger partial charge on any atom is 0.145 e. The minimum atomic E-state index is 0.994. The van der Waals surface area contributed by atoms with Crippen molar-refractivity contribution in [3.8, 4) is 9.75 Å². The average Bonchev–Trinajstić information content (AvgIpc) is 2.78. The molecule has 1 nitrogen and oxygen atoms in total. The highest BCUT2D eigenvalue weighted by Crippen LogP contribution is 2.36. The van der Waals surface area contributed by atoms with E-state index in [-0.39, 0.29) is 0 Å². The van der Waals surface area contributed by atoms with E-state index in [9.17, 15) is 0 Å². The summed E-state index contributed by atoms with van der Waals surface area (Å²) in [5.74, 6) is 0. The van der Waals surface area contributed by atoms with Crippen molar-refractivity contribution in [1.82, 2.24) is 0 Å². The molecule has 0 aliphatic carbocycles. The summed E-state index contributed by atoms with van der Waals surface area (Å²) in [5, 5.41) is 2.09. The van der Waals surface area contributed by atoms with E-state index >= 15 is 0 Å². The summed E-state index contributed by atoms with van der Waals surface area (Å²) in [7, 11) is 0. The van der Waals surface area contributed by atoms with Crippen LogP contribution in [-0.2, 0) is 0 Å². The first-order chi connectivity index (χ1) is 6.43. The average molecular weight is 206 g/mol. The first kappa shape index (κ1) is 7.35. The Hall–Kier alpha value is -1.06. The number of rotatable bonds is 1. The molecule has 0 atom stereocenters. The summed E-state index contributed by atoms with van der Waals surface area (Å²) in [6.45, 7) is 0. The van der Waals surface area contributed by atoms with Crippen molar-refractivity contribution >= 4 is 33.0 Å². The van der Waals surface area contributed by atoms with Gasteiger partial charge < -0.3 is 4.42 Å². The van der Waals surface area contributed by atoms with Crippen LogP contribution in [0.1, 0.15) is 0 Å². The fourth-order valence-electron chi connectivity index (χ4n) is 1.31. The zero-order valence-electron chi connectivity index (χ0n) is 6.69. The molecule has 0 amide bonds. The number of furan rings is 1. The fraction of sp³-hybridized carbons (Fsp3) is 0. The van der Waals surface area contributed by atoms with Gasteiger partial charge in [-0.3, -0.25) is 0 Å². The van der Waals surface area contributed by atoms with Crippen LogP contribution in [0.4, 0.5) is 0 Å². The third kappa shape index (κ3) is 1.12. The van der Waals surface area contributed by atoms with Crippen LogP contribution in [0.25, 0.3) is 20.0 Å². The summed E-state index contributed by atoms with van der Waals surface area (Å²) in [5.41, 5.74) is 0.994. The Morgan fingerprint density at radius 2 is 2.15 bits per heavy atom. The highest BCUT2D eigenvalue weighted by atomic mass is 32.1. The molecule has 0 radical (unpaired) electrons. The van der Waals surface area contributed by atoms with Gasteiger partial charge in [-0.25, -0.2) is 0 Å². The highest BCUT2D eigenvalue weighted by Gasteiger charge is 2.06. The molecule has 0 fully saturated rings. The molecule has 0 aromatic carbocycles. The van der Waals surface area contributed by atoms with Crippen LogP contribution < -0.4 is 0 Å². The quantitative estimate of drug-likeness (QED) is 0.581. The SMILES string of the molecule is c1csc(-c2cc3occc3s2)c1. The van der Waals surface area contributed by atoms with Crippen molar-refractivity contribution in [3.63, 3.8) is 0 Å². The van der Waals surface area contributed by atoms with Crippen LogP contribution in [-0.4, -0.2) is 0 Å². The molecule has 0 N–H and O–H groups in total. The molecule has 0 saturated heterocycles. The van der Waals surface area contributed by atoms with Crippen LogP contribution >= 0.6 is 22.7 Å². The standard InChI is InChI=1S/C10H6OS2/c1-2-9(12-5-1)10-6-7-8(13-10)3-4-11-7/h1-6H. The topological polar surface area (TPSA) is 13.1 Å². The second-order valence-electron chi connectivity index (χ2n) is 2.74. The van der Waals surface area contributed by atoms with Crippen molar-refractivity contribution in [3.05, 3.63) is 35.9 Å². The summed E-state index contributed by atoms with van der Waals surface area (Å²) >= 11 is 3.54. The Balaban J connectivity index is 2.23. The van der Waals surface area contributed by atoms with E-state index in [1.54, 1.807) is 28.9 Å². The first-order valence-electron chi connectivity index (χ1n) is 3.94. The Bertz CT molecular complexity index is 487. The smallest absolute Gasteiger partial charge is 0.145 e. The molecule has 3 aromatic heterocycles. The Morgan fingerprint density at radius 3 is 2.92 bits per heavy atom. The first-order valence-corrected chi connectivity index (χ1v) is 5.64. The Labute approximate surface area is 83.2 Å². The number of hydrogen-bond donors (Lipinski definition) is 0. The van der Waals surface area contributed by atoms with Crippen molar-refractivity contribution in [1.29, 1.82) is 0 Å². The van der Waals surface area contributed by atoms with Crippen LogP contribution in [0, 0.1) is 0 Å². The molecule has 3 heterocycles. The van der Waals surface area contributed by atoms with Gasteiger partial charge in [-0.1, -0.05) is 6.07 Å². The van der Waals surface area contributed by atoms with E-state index in [2.05, 4.69) is 23.6 Å². The normalized spacial score (nSPS) is 11.1. The van der Waals surface area contributed by atoms with Crippen LogP contribution in [0.3, 0.4) is 0 Å². The molecule has 0 bridgehead atoms. The molecule has 3 rings (SSSR count). The summed E-state index contributed by atoms with van der Waals surface area (Å²) < 4.78 is 6.54. The molecule has 64 valence electrons. The van der Waals surface area contributed by atoms with Gasteiger partial charge in [-0.15, -0.1) is 22.7 Å². The van der Waals surface area contributed by atoms with Gasteiger partial charge in [0.2, 0.25) is 0 Å². The van der Waals surface area contributed by atoms with Gasteiger partial charge in [0, 0.05) is 15.8 Å². The van der Waals surface area contributed by atoms with Crippen molar-refractivity contribution in [2.45, 2.75) is 0 Å². The molecule has 0 spiro atoms. The molecule has 0 aliphatic heterocycles. The van der Waals surface area contributed by atoms with Crippen LogP contribution in [0.15, 0.2) is 40.3 Å². The minimum Gasteiger partial charge on any atom is -0.463 e. The maximum absolute atomic E-state index is 5.31. The molecule has 0 aliphatic rings. The maximum atomic E-state index is 5.31. The Kier molecular flexibility index (Phi) is 1.54. The lowest BCUT2D eigenvalue weighted by Crippen LogP contribution is -1.56. The number of hydrogen-bond acceptors (Lipinski definition) is 3. The lowest BCUT2D eigenvalue weighted by atomic mass is 10.4. The van der Waals surface area contributed by atoms with Gasteiger partial charge in [0.1, 0.15) is 5.58 Å². The predicted octanol–water partition coefficient (Wildman–Crippen LogP) is 4.22. The predicted molar refractivity (Wildman–Crippen MR) is 57.4 cm³/mol. The third-order valence-electron chi connectivity index (χ3n) is 1.90. The summed E-state index contributed by atoms with van der Waals surface area (Å²) in [6, 6.07) is 8.32. The largest absolute Gasteiger partial charge is 0.463 e. The van der Waals surface area contributed by atoms with Crippen LogP contribution in [0.5, 0.6) is 0 Å². The van der Waals surface area contributed by atoms with Crippen molar-refractivity contribution in [2.24, 2.45) is 0 Å². The fourth-order valence-corrected chi connectivity index (χ4v) is 3.11. The van der Waals surface area contributed by atoms with E-state index in [0.29, 0.717) is 0 Å². The second-order valence-corrected chi connectivity index (χ2v) is 4.77. The zero-order chi connectivity index (χ0) is 8.67. The number of fused-ring (bicyclic) bond motifs is 1. The van der Waals surface area contributed by atoms with Gasteiger partial charge in [-0.2, -0.15) is 0 Å². The molecule has 0 saturated carbocycles. The molecular weight excluding hydrogens is 200 g/mol. The summed E-state index contributed by atoms with van der Waals surface area (Å²) in [6.07, 6.45) is 1.74. The van der Waals surface area contributed by atoms with Crippen molar-refractivity contribution < 1.29 is 4.42 Å². The molecule has 3 aromatic rings. The van der Waals surface area contributed by atoms with E-state index in [4.69, 9.17) is 4.42 Å². The van der Waals surface area contributed by atoms with Gasteiger partial charge >= 0.3 is 0 Å². The van der Waals surface area contributed by atoms with Crippen LogP contribution in [0.2, 0.25) is 0 Å². The van der Waals surface area contributed by atoms with E-state index in [0.717, 1.165) is 5.58 Å². The van der Waals surface area contributed by atoms with Crippen molar-refractivity contribution in [2.75, 3.05) is 0 Å². The van der Waals surface area contributed by atoms with Gasteiger partial charge in [0.05, 0.1) is 11.0 Å². The highest BCUT2D eigenvalue weighted by molar-refractivity contribution is 7.25. The number of thiophene rings is 2. The van der Waals surface area contributed by atoms with E-state index < -0.39 is 0 Å². The Morgan fingerprint density at radius 1 is 1.15 bits per heavy atom. The summed E-state index contributed by atoms with van der Waals surface area (Å²) in [4.78, 5) is 2.61. The van der Waals surface area contributed by atoms with Gasteiger partial charge in [0.25, 0.3) is 0 Å². The molecule has 0 unspecified atom stereocenters. The van der Waals surface area contributed by atoms with Gasteiger partial charge in [0.15, 0.2) is 0 Å². The minimum absolute atomic E-state index is 0.994. The lowest BCUT2D eigenvalue weighted by molar-refractivity contribution is 0.616. The second kappa shape index (κ2) is 2.72. The van der Waals surface area contributed by atoms with Gasteiger partial charge in [-0.05, 0) is 17.5 Å². The third-order valence-corrected chi connectivity index (χ3v) is 4.05. The van der Waals surface area contributed by atoms with E-state index in [1.165, 1.54) is 14.5 Å².